The summed E-state index contributed by atoms with van der Waals surface area (Å²) in [4.78, 5) is 24.4. The number of amides is 2. The maximum Gasteiger partial charge on any atom is 0.277 e. The molecule has 0 atom stereocenters. The Morgan fingerprint density at radius 1 is 1.07 bits per heavy atom. The van der Waals surface area contributed by atoms with Crippen LogP contribution in [-0.4, -0.2) is 41.0 Å². The number of hydrogen-bond donors (Lipinski definition) is 2. The highest BCUT2D eigenvalue weighted by Gasteiger charge is 2.16. The Balaban J connectivity index is 1.83. The predicted octanol–water partition coefficient (Wildman–Crippen LogP) is 2.20. The van der Waals surface area contributed by atoms with Crippen molar-refractivity contribution < 1.29 is 14.3 Å². The Kier molecular flexibility index (Phi) is 5.16. The molecule has 2 amide bonds. The summed E-state index contributed by atoms with van der Waals surface area (Å²) in [6.07, 6.45) is 1.54. The molecule has 0 saturated heterocycles. The first-order valence-electron chi connectivity index (χ1n) is 8.22. The molecular formula is C19H19N5O3. The van der Waals surface area contributed by atoms with Crippen LogP contribution < -0.4 is 15.4 Å². The van der Waals surface area contributed by atoms with Crippen molar-refractivity contribution in [3.63, 3.8) is 0 Å². The Bertz CT molecular complexity index is 979. The first-order valence-corrected chi connectivity index (χ1v) is 8.22. The van der Waals surface area contributed by atoms with E-state index in [1.54, 1.807) is 18.2 Å². The van der Waals surface area contributed by atoms with Gasteiger partial charge in [-0.05, 0) is 37.3 Å². The lowest BCUT2D eigenvalue weighted by atomic mass is 10.1. The number of carbonyl (C=O) groups excluding carboxylic acids is 2. The quantitative estimate of drug-likeness (QED) is 0.722. The number of nitrogens with one attached hydrogen (secondary N) is 2. The highest BCUT2D eigenvalue weighted by molar-refractivity contribution is 6.04. The van der Waals surface area contributed by atoms with Crippen molar-refractivity contribution >= 4 is 17.5 Å². The number of anilines is 1. The van der Waals surface area contributed by atoms with E-state index in [0.717, 1.165) is 11.3 Å². The normalized spacial score (nSPS) is 10.3. The fraction of sp³-hybridized carbons (Fsp3) is 0.158. The van der Waals surface area contributed by atoms with Gasteiger partial charge < -0.3 is 15.4 Å². The van der Waals surface area contributed by atoms with Gasteiger partial charge in [0.05, 0.1) is 24.7 Å². The zero-order valence-corrected chi connectivity index (χ0v) is 15.2. The van der Waals surface area contributed by atoms with E-state index in [1.165, 1.54) is 25.0 Å². The van der Waals surface area contributed by atoms with Crippen molar-refractivity contribution in [2.24, 2.45) is 0 Å². The van der Waals surface area contributed by atoms with Gasteiger partial charge in [0.25, 0.3) is 11.8 Å². The van der Waals surface area contributed by atoms with E-state index in [-0.39, 0.29) is 11.6 Å². The third kappa shape index (κ3) is 3.95. The minimum atomic E-state index is -0.458. The number of aryl methyl sites for hydroxylation is 1. The SMILES string of the molecule is CNC(=O)c1ccc(OC)c(NC(=O)c2cn(-c3ccc(C)cc3)nn2)c1. The highest BCUT2D eigenvalue weighted by atomic mass is 16.5. The fourth-order valence-electron chi connectivity index (χ4n) is 2.47. The summed E-state index contributed by atoms with van der Waals surface area (Å²) in [7, 11) is 3.02. The smallest absolute Gasteiger partial charge is 0.277 e. The van der Waals surface area contributed by atoms with Crippen LogP contribution in [0.3, 0.4) is 0 Å². The van der Waals surface area contributed by atoms with Crippen molar-refractivity contribution in [1.29, 1.82) is 0 Å². The van der Waals surface area contributed by atoms with Crippen molar-refractivity contribution in [1.82, 2.24) is 20.3 Å². The van der Waals surface area contributed by atoms with Gasteiger partial charge in [-0.15, -0.1) is 5.10 Å². The van der Waals surface area contributed by atoms with E-state index < -0.39 is 5.91 Å². The van der Waals surface area contributed by atoms with E-state index in [1.807, 2.05) is 31.2 Å². The molecule has 0 bridgehead atoms. The molecule has 2 N–H and O–H groups in total. The molecule has 0 spiro atoms. The van der Waals surface area contributed by atoms with Crippen molar-refractivity contribution in [2.45, 2.75) is 6.92 Å². The van der Waals surface area contributed by atoms with Crippen LogP contribution in [0.25, 0.3) is 5.69 Å². The summed E-state index contributed by atoms with van der Waals surface area (Å²) >= 11 is 0. The first kappa shape index (κ1) is 18.1. The lowest BCUT2D eigenvalue weighted by Crippen LogP contribution is -2.19. The molecule has 0 aliphatic heterocycles. The van der Waals surface area contributed by atoms with Gasteiger partial charge >= 0.3 is 0 Å². The first-order chi connectivity index (χ1) is 13.0. The number of rotatable bonds is 5. The summed E-state index contributed by atoms with van der Waals surface area (Å²) in [5, 5.41) is 13.2. The maximum absolute atomic E-state index is 12.5. The van der Waals surface area contributed by atoms with Crippen LogP contribution in [0.15, 0.2) is 48.7 Å². The molecule has 3 aromatic rings. The summed E-state index contributed by atoms with van der Waals surface area (Å²) in [6, 6.07) is 12.4. The molecular weight excluding hydrogens is 346 g/mol. The molecule has 3 rings (SSSR count). The lowest BCUT2D eigenvalue weighted by molar-refractivity contribution is 0.0961. The summed E-state index contributed by atoms with van der Waals surface area (Å²) in [5.41, 5.74) is 2.83. The predicted molar refractivity (Wildman–Crippen MR) is 100 cm³/mol. The molecule has 8 nitrogen and oxygen atoms in total. The number of methoxy groups -OCH3 is 1. The summed E-state index contributed by atoms with van der Waals surface area (Å²) < 4.78 is 6.77. The molecule has 0 aliphatic carbocycles. The zero-order valence-electron chi connectivity index (χ0n) is 15.2. The standard InChI is InChI=1S/C19H19N5O3/c1-12-4-7-14(8-5-12)24-11-16(22-23-24)19(26)21-15-10-13(18(25)20-2)6-9-17(15)27-3/h4-11H,1-3H3,(H,20,25)(H,21,26). The molecule has 0 radical (unpaired) electrons. The number of benzene rings is 2. The van der Waals surface area contributed by atoms with Gasteiger partial charge in [-0.3, -0.25) is 9.59 Å². The van der Waals surface area contributed by atoms with Crippen LogP contribution in [0, 0.1) is 6.92 Å². The van der Waals surface area contributed by atoms with Gasteiger partial charge in [0.15, 0.2) is 5.69 Å². The minimum Gasteiger partial charge on any atom is -0.495 e. The second-order valence-electron chi connectivity index (χ2n) is 5.83. The molecule has 1 heterocycles. The van der Waals surface area contributed by atoms with Crippen LogP contribution in [-0.2, 0) is 0 Å². The monoisotopic (exact) mass is 365 g/mol. The number of ether oxygens (including phenoxy) is 1. The Morgan fingerprint density at radius 2 is 1.81 bits per heavy atom. The van der Waals surface area contributed by atoms with E-state index in [9.17, 15) is 9.59 Å². The summed E-state index contributed by atoms with van der Waals surface area (Å²) in [6.45, 7) is 1.99. The minimum absolute atomic E-state index is 0.142. The van der Waals surface area contributed by atoms with E-state index in [4.69, 9.17) is 4.74 Å². The van der Waals surface area contributed by atoms with Crippen LogP contribution in [0.5, 0.6) is 5.75 Å². The maximum atomic E-state index is 12.5. The van der Waals surface area contributed by atoms with Crippen LogP contribution in [0.4, 0.5) is 5.69 Å². The molecule has 27 heavy (non-hydrogen) atoms. The largest absolute Gasteiger partial charge is 0.495 e. The molecule has 8 heteroatoms. The number of carbonyl (C=O) groups is 2. The van der Waals surface area contributed by atoms with Crippen LogP contribution in [0.1, 0.15) is 26.4 Å². The van der Waals surface area contributed by atoms with Crippen molar-refractivity contribution in [3.8, 4) is 11.4 Å². The van der Waals surface area contributed by atoms with Gasteiger partial charge in [0.2, 0.25) is 0 Å². The average molecular weight is 365 g/mol. The van der Waals surface area contributed by atoms with Crippen LogP contribution >= 0.6 is 0 Å². The van der Waals surface area contributed by atoms with Gasteiger partial charge in [0.1, 0.15) is 5.75 Å². The molecule has 0 unspecified atom stereocenters. The number of aromatic nitrogens is 3. The van der Waals surface area contributed by atoms with Crippen molar-refractivity contribution in [2.75, 3.05) is 19.5 Å². The Labute approximate surface area is 156 Å². The Hall–Kier alpha value is -3.68. The molecule has 0 aliphatic rings. The van der Waals surface area contributed by atoms with E-state index in [2.05, 4.69) is 20.9 Å². The Morgan fingerprint density at radius 3 is 2.48 bits per heavy atom. The average Bonchev–Trinajstić information content (AvgIpc) is 3.18. The fourth-order valence-corrected chi connectivity index (χ4v) is 2.47. The van der Waals surface area contributed by atoms with Gasteiger partial charge in [0, 0.05) is 12.6 Å². The molecule has 2 aromatic carbocycles. The van der Waals surface area contributed by atoms with Crippen LogP contribution in [0.2, 0.25) is 0 Å². The molecule has 138 valence electrons. The number of nitrogens with zero attached hydrogens (tertiary/aromatic N) is 3. The van der Waals surface area contributed by atoms with E-state index >= 15 is 0 Å². The molecule has 1 aromatic heterocycles. The second kappa shape index (κ2) is 7.69. The third-order valence-electron chi connectivity index (χ3n) is 3.96. The third-order valence-corrected chi connectivity index (χ3v) is 3.96. The second-order valence-corrected chi connectivity index (χ2v) is 5.83. The lowest BCUT2D eigenvalue weighted by Gasteiger charge is -2.10. The molecule has 0 fully saturated rings. The van der Waals surface area contributed by atoms with Crippen molar-refractivity contribution in [3.05, 3.63) is 65.5 Å². The van der Waals surface area contributed by atoms with Gasteiger partial charge in [-0.1, -0.05) is 22.9 Å². The van der Waals surface area contributed by atoms with Gasteiger partial charge in [-0.25, -0.2) is 4.68 Å². The van der Waals surface area contributed by atoms with Gasteiger partial charge in [-0.2, -0.15) is 0 Å². The summed E-state index contributed by atoms with van der Waals surface area (Å²) in [5.74, 6) is -0.291. The molecule has 0 saturated carbocycles. The van der Waals surface area contributed by atoms with E-state index in [0.29, 0.717) is 17.0 Å². The highest BCUT2D eigenvalue weighted by Crippen LogP contribution is 2.26. The topological polar surface area (TPSA) is 98.1 Å². The number of hydrogen-bond acceptors (Lipinski definition) is 5. The zero-order chi connectivity index (χ0) is 19.4.